The van der Waals surface area contributed by atoms with E-state index in [1.165, 1.54) is 11.1 Å². The molecule has 2 heterocycles. The molecule has 0 radical (unpaired) electrons. The van der Waals surface area contributed by atoms with Crippen LogP contribution in [0.25, 0.3) is 0 Å². The number of β-amino-alcohol motifs (C(OH)–C–C–N with tert-alkyl or cyclic N) is 1. The molecule has 2 aromatic carbocycles. The van der Waals surface area contributed by atoms with Crippen LogP contribution in [-0.2, 0) is 19.4 Å². The third kappa shape index (κ3) is 5.53. The molecule has 0 amide bonds. The van der Waals surface area contributed by atoms with E-state index in [1.54, 1.807) is 4.90 Å². The Bertz CT molecular complexity index is 795. The standard InChI is InChI=1S/C23H28F2N2O2/c24-23(25)16-27(17-23)13-18-4-3-7-22(12-18)29-15-21(28)14-26-10-8-19-5-1-2-6-20(19)9-11-26/h1-7,12,21,28H,8-11,13-17H2. The third-order valence-electron chi connectivity index (χ3n) is 5.64. The van der Waals surface area contributed by atoms with Crippen LogP contribution in [0.15, 0.2) is 48.5 Å². The van der Waals surface area contributed by atoms with E-state index in [1.807, 2.05) is 24.3 Å². The molecule has 4 nitrogen and oxygen atoms in total. The normalized spacial score (nSPS) is 20.4. The van der Waals surface area contributed by atoms with Crippen LogP contribution in [0.5, 0.6) is 5.75 Å². The van der Waals surface area contributed by atoms with Gasteiger partial charge in [-0.1, -0.05) is 36.4 Å². The number of alkyl halides is 2. The van der Waals surface area contributed by atoms with Crippen molar-refractivity contribution in [3.63, 3.8) is 0 Å². The minimum atomic E-state index is -2.55. The number of rotatable bonds is 7. The quantitative estimate of drug-likeness (QED) is 0.773. The summed E-state index contributed by atoms with van der Waals surface area (Å²) in [6.45, 7) is 2.79. The number of ether oxygens (including phenoxy) is 1. The van der Waals surface area contributed by atoms with Crippen LogP contribution < -0.4 is 4.74 Å². The van der Waals surface area contributed by atoms with Crippen molar-refractivity contribution in [3.8, 4) is 5.75 Å². The summed E-state index contributed by atoms with van der Waals surface area (Å²) in [5.74, 6) is -1.88. The van der Waals surface area contributed by atoms with Crippen LogP contribution >= 0.6 is 0 Å². The highest BCUT2D eigenvalue weighted by molar-refractivity contribution is 5.29. The van der Waals surface area contributed by atoms with E-state index in [2.05, 4.69) is 29.2 Å². The Morgan fingerprint density at radius 3 is 2.31 bits per heavy atom. The minimum absolute atomic E-state index is 0.184. The molecule has 6 heteroatoms. The number of hydrogen-bond donors (Lipinski definition) is 1. The second kappa shape index (κ2) is 8.78. The number of aliphatic hydroxyl groups excluding tert-OH is 1. The largest absolute Gasteiger partial charge is 0.491 e. The molecule has 0 aliphatic carbocycles. The lowest BCUT2D eigenvalue weighted by atomic mass is 10.0. The van der Waals surface area contributed by atoms with Gasteiger partial charge in [0.1, 0.15) is 18.5 Å². The molecule has 2 aliphatic rings. The monoisotopic (exact) mass is 402 g/mol. The maximum Gasteiger partial charge on any atom is 0.272 e. The third-order valence-corrected chi connectivity index (χ3v) is 5.64. The molecule has 1 fully saturated rings. The van der Waals surface area contributed by atoms with Crippen LogP contribution in [0.2, 0.25) is 0 Å². The Morgan fingerprint density at radius 2 is 1.66 bits per heavy atom. The molecule has 0 bridgehead atoms. The van der Waals surface area contributed by atoms with Crippen LogP contribution in [0.1, 0.15) is 16.7 Å². The van der Waals surface area contributed by atoms with Gasteiger partial charge in [-0.25, -0.2) is 8.78 Å². The van der Waals surface area contributed by atoms with E-state index in [0.717, 1.165) is 31.5 Å². The van der Waals surface area contributed by atoms with Crippen LogP contribution in [0.4, 0.5) is 8.78 Å². The summed E-state index contributed by atoms with van der Waals surface area (Å²) in [6.07, 6.45) is 1.43. The van der Waals surface area contributed by atoms with Gasteiger partial charge >= 0.3 is 0 Å². The number of nitrogens with zero attached hydrogens (tertiary/aromatic N) is 2. The van der Waals surface area contributed by atoms with Crippen molar-refractivity contribution < 1.29 is 18.6 Å². The number of likely N-dealkylation sites (tertiary alicyclic amines) is 1. The summed E-state index contributed by atoms with van der Waals surface area (Å²) in [4.78, 5) is 4.00. The van der Waals surface area contributed by atoms with E-state index in [9.17, 15) is 13.9 Å². The van der Waals surface area contributed by atoms with Gasteiger partial charge in [-0.2, -0.15) is 0 Å². The summed E-state index contributed by atoms with van der Waals surface area (Å²) < 4.78 is 31.7. The molecule has 2 aromatic rings. The fraction of sp³-hybridized carbons (Fsp3) is 0.478. The van der Waals surface area contributed by atoms with Crippen molar-refractivity contribution in [2.45, 2.75) is 31.4 Å². The Kier molecular flexibility index (Phi) is 6.13. The van der Waals surface area contributed by atoms with Gasteiger partial charge in [0.05, 0.1) is 13.1 Å². The Hall–Kier alpha value is -2.02. The van der Waals surface area contributed by atoms with Gasteiger partial charge in [0.15, 0.2) is 0 Å². The maximum absolute atomic E-state index is 13.0. The predicted molar refractivity (Wildman–Crippen MR) is 108 cm³/mol. The van der Waals surface area contributed by atoms with E-state index in [4.69, 9.17) is 4.74 Å². The summed E-state index contributed by atoms with van der Waals surface area (Å²) >= 11 is 0. The highest BCUT2D eigenvalue weighted by Crippen LogP contribution is 2.28. The SMILES string of the molecule is OC(COc1cccc(CN2CC(F)(F)C2)c1)CN1CCc2ccccc2CC1. The lowest BCUT2D eigenvalue weighted by molar-refractivity contribution is -0.133. The van der Waals surface area contributed by atoms with Gasteiger partial charge in [-0.3, -0.25) is 9.80 Å². The number of halogens is 2. The molecular formula is C23H28F2N2O2. The average molecular weight is 402 g/mol. The zero-order valence-electron chi connectivity index (χ0n) is 16.6. The first kappa shape index (κ1) is 20.3. The van der Waals surface area contributed by atoms with Gasteiger partial charge in [-0.15, -0.1) is 0 Å². The molecule has 0 saturated carbocycles. The van der Waals surface area contributed by atoms with E-state index in [0.29, 0.717) is 18.8 Å². The van der Waals surface area contributed by atoms with Crippen molar-refractivity contribution in [2.24, 2.45) is 0 Å². The van der Waals surface area contributed by atoms with E-state index < -0.39 is 12.0 Å². The number of aliphatic hydroxyl groups is 1. The lowest BCUT2D eigenvalue weighted by Gasteiger charge is -2.38. The van der Waals surface area contributed by atoms with Crippen molar-refractivity contribution in [2.75, 3.05) is 39.3 Å². The van der Waals surface area contributed by atoms with Gasteiger partial charge < -0.3 is 9.84 Å². The highest BCUT2D eigenvalue weighted by atomic mass is 19.3. The molecule has 1 N–H and O–H groups in total. The van der Waals surface area contributed by atoms with Gasteiger partial charge in [0.2, 0.25) is 0 Å². The molecule has 0 aromatic heterocycles. The zero-order chi connectivity index (χ0) is 20.3. The molecule has 2 aliphatic heterocycles. The Labute approximate surface area is 170 Å². The highest BCUT2D eigenvalue weighted by Gasteiger charge is 2.43. The van der Waals surface area contributed by atoms with Crippen LogP contribution in [-0.4, -0.2) is 66.3 Å². The van der Waals surface area contributed by atoms with Crippen molar-refractivity contribution in [1.82, 2.24) is 9.80 Å². The molecule has 1 unspecified atom stereocenters. The Morgan fingerprint density at radius 1 is 0.966 bits per heavy atom. The fourth-order valence-corrected chi connectivity index (χ4v) is 4.15. The molecular weight excluding hydrogens is 374 g/mol. The van der Waals surface area contributed by atoms with E-state index >= 15 is 0 Å². The first-order valence-electron chi connectivity index (χ1n) is 10.3. The average Bonchev–Trinajstić information content (AvgIpc) is 2.88. The second-order valence-corrected chi connectivity index (χ2v) is 8.18. The van der Waals surface area contributed by atoms with Crippen molar-refractivity contribution >= 4 is 0 Å². The van der Waals surface area contributed by atoms with Crippen LogP contribution in [0.3, 0.4) is 0 Å². The smallest absolute Gasteiger partial charge is 0.272 e. The van der Waals surface area contributed by atoms with Crippen molar-refractivity contribution in [1.29, 1.82) is 0 Å². The maximum atomic E-state index is 13.0. The summed E-state index contributed by atoms with van der Waals surface area (Å²) in [5.41, 5.74) is 3.74. The van der Waals surface area contributed by atoms with Gasteiger partial charge in [-0.05, 0) is 41.7 Å². The summed E-state index contributed by atoms with van der Waals surface area (Å²) in [6, 6.07) is 16.0. The van der Waals surface area contributed by atoms with E-state index in [-0.39, 0.29) is 19.7 Å². The first-order valence-corrected chi connectivity index (χ1v) is 10.3. The molecule has 1 atom stereocenters. The molecule has 4 rings (SSSR count). The lowest BCUT2D eigenvalue weighted by Crippen LogP contribution is -2.55. The van der Waals surface area contributed by atoms with Gasteiger partial charge in [0.25, 0.3) is 5.92 Å². The van der Waals surface area contributed by atoms with Crippen molar-refractivity contribution in [3.05, 3.63) is 65.2 Å². The number of benzene rings is 2. The summed E-state index contributed by atoms with van der Waals surface area (Å²) in [5, 5.41) is 10.4. The minimum Gasteiger partial charge on any atom is -0.491 e. The Balaban J connectivity index is 1.23. The van der Waals surface area contributed by atoms with Crippen LogP contribution in [0, 0.1) is 0 Å². The fourth-order valence-electron chi connectivity index (χ4n) is 4.15. The zero-order valence-corrected chi connectivity index (χ0v) is 16.6. The predicted octanol–water partition coefficient (Wildman–Crippen LogP) is 2.98. The number of fused-ring (bicyclic) bond motifs is 1. The molecule has 1 saturated heterocycles. The number of hydrogen-bond acceptors (Lipinski definition) is 4. The topological polar surface area (TPSA) is 35.9 Å². The first-order chi connectivity index (χ1) is 14.0. The molecule has 29 heavy (non-hydrogen) atoms. The van der Waals surface area contributed by atoms with Gasteiger partial charge in [0, 0.05) is 26.2 Å². The molecule has 156 valence electrons. The second-order valence-electron chi connectivity index (χ2n) is 8.18. The molecule has 0 spiro atoms. The summed E-state index contributed by atoms with van der Waals surface area (Å²) in [7, 11) is 0.